The highest BCUT2D eigenvalue weighted by Crippen LogP contribution is 2.28. The average Bonchev–Trinajstić information content (AvgIpc) is 2.40. The summed E-state index contributed by atoms with van der Waals surface area (Å²) in [5.74, 6) is 0.0425. The lowest BCUT2D eigenvalue weighted by Gasteiger charge is -2.34. The predicted octanol–water partition coefficient (Wildman–Crippen LogP) is 3.57. The lowest BCUT2D eigenvalue weighted by molar-refractivity contribution is 0.0883. The van der Waals surface area contributed by atoms with Crippen LogP contribution in [0.5, 0.6) is 0 Å². The minimum Gasteiger partial charge on any atom is -0.385 e. The molecule has 3 heteroatoms. The lowest BCUT2D eigenvalue weighted by Crippen LogP contribution is -2.47. The molecule has 104 valence electrons. The molecule has 0 aromatic heterocycles. The highest BCUT2D eigenvalue weighted by atomic mass is 16.1. The third-order valence-electron chi connectivity index (χ3n) is 3.91. The van der Waals surface area contributed by atoms with Crippen molar-refractivity contribution < 1.29 is 4.79 Å². The van der Waals surface area contributed by atoms with Crippen molar-refractivity contribution in [2.45, 2.75) is 51.5 Å². The molecule has 1 fully saturated rings. The predicted molar refractivity (Wildman–Crippen MR) is 79.6 cm³/mol. The van der Waals surface area contributed by atoms with E-state index in [1.54, 1.807) is 0 Å². The Balaban J connectivity index is 2.11. The van der Waals surface area contributed by atoms with E-state index in [0.29, 0.717) is 0 Å². The Hall–Kier alpha value is -1.51. The van der Waals surface area contributed by atoms with Crippen molar-refractivity contribution in [1.29, 1.82) is 0 Å². The SMILES string of the molecule is CCNc1ccccc1C(=O)NC1(C)CCCCC1. The van der Waals surface area contributed by atoms with E-state index in [9.17, 15) is 4.79 Å². The number of anilines is 1. The quantitative estimate of drug-likeness (QED) is 0.869. The van der Waals surface area contributed by atoms with E-state index >= 15 is 0 Å². The van der Waals surface area contributed by atoms with E-state index in [2.05, 4.69) is 17.6 Å². The van der Waals surface area contributed by atoms with E-state index in [4.69, 9.17) is 0 Å². The Morgan fingerprint density at radius 2 is 1.89 bits per heavy atom. The summed E-state index contributed by atoms with van der Waals surface area (Å²) in [5.41, 5.74) is 1.63. The zero-order valence-electron chi connectivity index (χ0n) is 12.0. The maximum Gasteiger partial charge on any atom is 0.253 e. The molecular formula is C16H24N2O. The second-order valence-corrected chi connectivity index (χ2v) is 5.65. The number of nitrogens with one attached hydrogen (secondary N) is 2. The maximum atomic E-state index is 12.5. The van der Waals surface area contributed by atoms with Gasteiger partial charge in [0.05, 0.1) is 5.56 Å². The molecule has 2 rings (SSSR count). The summed E-state index contributed by atoms with van der Waals surface area (Å²) in [6, 6.07) is 7.72. The number of hydrogen-bond acceptors (Lipinski definition) is 2. The molecule has 19 heavy (non-hydrogen) atoms. The highest BCUT2D eigenvalue weighted by molar-refractivity contribution is 6.00. The molecule has 1 aliphatic rings. The fraction of sp³-hybridized carbons (Fsp3) is 0.562. The second kappa shape index (κ2) is 6.09. The van der Waals surface area contributed by atoms with Crippen molar-refractivity contribution in [3.63, 3.8) is 0 Å². The smallest absolute Gasteiger partial charge is 0.253 e. The van der Waals surface area contributed by atoms with Gasteiger partial charge in [0.1, 0.15) is 0 Å². The Labute approximate surface area is 115 Å². The molecule has 0 heterocycles. The van der Waals surface area contributed by atoms with E-state index < -0.39 is 0 Å². The van der Waals surface area contributed by atoms with E-state index in [-0.39, 0.29) is 11.4 Å². The van der Waals surface area contributed by atoms with Gasteiger partial charge in [-0.25, -0.2) is 0 Å². The largest absolute Gasteiger partial charge is 0.385 e. The van der Waals surface area contributed by atoms with E-state index in [1.165, 1.54) is 19.3 Å². The van der Waals surface area contributed by atoms with Crippen LogP contribution in [0.3, 0.4) is 0 Å². The standard InChI is InChI=1S/C16H24N2O/c1-3-17-14-10-6-5-9-13(14)15(19)18-16(2)11-7-4-8-12-16/h5-6,9-10,17H,3-4,7-8,11-12H2,1-2H3,(H,18,19). The fourth-order valence-electron chi connectivity index (χ4n) is 2.82. The van der Waals surface area contributed by atoms with Gasteiger partial charge in [-0.2, -0.15) is 0 Å². The first kappa shape index (κ1) is 13.9. The molecule has 0 unspecified atom stereocenters. The zero-order valence-corrected chi connectivity index (χ0v) is 12.0. The number of carbonyl (C=O) groups excluding carboxylic acids is 1. The van der Waals surface area contributed by atoms with Gasteiger partial charge in [-0.1, -0.05) is 31.4 Å². The van der Waals surface area contributed by atoms with Crippen LogP contribution >= 0.6 is 0 Å². The van der Waals surface area contributed by atoms with Gasteiger partial charge in [-0.05, 0) is 38.8 Å². The zero-order chi connectivity index (χ0) is 13.7. The van der Waals surface area contributed by atoms with Crippen LogP contribution in [0.25, 0.3) is 0 Å². The van der Waals surface area contributed by atoms with Crippen LogP contribution in [-0.4, -0.2) is 18.0 Å². The molecule has 3 nitrogen and oxygen atoms in total. The van der Waals surface area contributed by atoms with Crippen LogP contribution in [0, 0.1) is 0 Å². The summed E-state index contributed by atoms with van der Waals surface area (Å²) in [5, 5.41) is 6.48. The van der Waals surface area contributed by atoms with Gasteiger partial charge < -0.3 is 10.6 Å². The first-order valence-corrected chi connectivity index (χ1v) is 7.30. The Morgan fingerprint density at radius 3 is 2.58 bits per heavy atom. The molecule has 0 atom stereocenters. The van der Waals surface area contributed by atoms with Gasteiger partial charge in [0.15, 0.2) is 0 Å². The number of para-hydroxylation sites is 1. The summed E-state index contributed by atoms with van der Waals surface area (Å²) in [4.78, 5) is 12.5. The minimum atomic E-state index is -0.0331. The van der Waals surface area contributed by atoms with Crippen LogP contribution < -0.4 is 10.6 Å². The van der Waals surface area contributed by atoms with Gasteiger partial charge in [0.2, 0.25) is 0 Å². The van der Waals surface area contributed by atoms with Crippen molar-refractivity contribution >= 4 is 11.6 Å². The lowest BCUT2D eigenvalue weighted by atomic mass is 9.83. The van der Waals surface area contributed by atoms with Crippen molar-refractivity contribution in [2.24, 2.45) is 0 Å². The molecule has 0 bridgehead atoms. The molecule has 0 aliphatic heterocycles. The first-order chi connectivity index (χ1) is 9.14. The number of carbonyl (C=O) groups is 1. The van der Waals surface area contributed by atoms with Gasteiger partial charge >= 0.3 is 0 Å². The molecule has 2 N–H and O–H groups in total. The topological polar surface area (TPSA) is 41.1 Å². The van der Waals surface area contributed by atoms with Crippen LogP contribution in [0.15, 0.2) is 24.3 Å². The molecule has 1 saturated carbocycles. The molecule has 0 saturated heterocycles. The fourth-order valence-corrected chi connectivity index (χ4v) is 2.82. The Morgan fingerprint density at radius 1 is 1.21 bits per heavy atom. The van der Waals surface area contributed by atoms with Crippen LogP contribution in [0.4, 0.5) is 5.69 Å². The summed E-state index contributed by atoms with van der Waals surface area (Å²) in [6.45, 7) is 5.03. The third-order valence-corrected chi connectivity index (χ3v) is 3.91. The van der Waals surface area contributed by atoms with E-state index in [1.807, 2.05) is 31.2 Å². The van der Waals surface area contributed by atoms with Crippen LogP contribution in [0.2, 0.25) is 0 Å². The maximum absolute atomic E-state index is 12.5. The number of hydrogen-bond donors (Lipinski definition) is 2. The molecule has 1 aliphatic carbocycles. The minimum absolute atomic E-state index is 0.0331. The van der Waals surface area contributed by atoms with E-state index in [0.717, 1.165) is 30.6 Å². The van der Waals surface area contributed by atoms with Crippen LogP contribution in [0.1, 0.15) is 56.3 Å². The summed E-state index contributed by atoms with van der Waals surface area (Å²) in [7, 11) is 0. The normalized spacial score (nSPS) is 17.8. The van der Waals surface area contributed by atoms with Crippen LogP contribution in [-0.2, 0) is 0 Å². The van der Waals surface area contributed by atoms with Crippen molar-refractivity contribution in [1.82, 2.24) is 5.32 Å². The average molecular weight is 260 g/mol. The summed E-state index contributed by atoms with van der Waals surface area (Å²) in [6.07, 6.45) is 5.89. The Bertz CT molecular complexity index is 436. The van der Waals surface area contributed by atoms with Crippen molar-refractivity contribution in [3.8, 4) is 0 Å². The summed E-state index contributed by atoms with van der Waals surface area (Å²) >= 11 is 0. The molecule has 1 amide bonds. The molecular weight excluding hydrogens is 236 g/mol. The summed E-state index contributed by atoms with van der Waals surface area (Å²) < 4.78 is 0. The monoisotopic (exact) mass is 260 g/mol. The second-order valence-electron chi connectivity index (χ2n) is 5.65. The van der Waals surface area contributed by atoms with Gasteiger partial charge in [-0.15, -0.1) is 0 Å². The molecule has 1 aromatic carbocycles. The third kappa shape index (κ3) is 3.49. The van der Waals surface area contributed by atoms with Gasteiger partial charge in [0, 0.05) is 17.8 Å². The Kier molecular flexibility index (Phi) is 4.46. The van der Waals surface area contributed by atoms with Gasteiger partial charge in [0.25, 0.3) is 5.91 Å². The highest BCUT2D eigenvalue weighted by Gasteiger charge is 2.29. The number of rotatable bonds is 4. The molecule has 0 spiro atoms. The van der Waals surface area contributed by atoms with Crippen molar-refractivity contribution in [2.75, 3.05) is 11.9 Å². The number of amides is 1. The molecule has 1 aromatic rings. The van der Waals surface area contributed by atoms with Crippen molar-refractivity contribution in [3.05, 3.63) is 29.8 Å². The van der Waals surface area contributed by atoms with Gasteiger partial charge in [-0.3, -0.25) is 4.79 Å². The molecule has 0 radical (unpaired) electrons. The number of benzene rings is 1. The first-order valence-electron chi connectivity index (χ1n) is 7.30.